The first-order valence-corrected chi connectivity index (χ1v) is 9.96. The highest BCUT2D eigenvalue weighted by atomic mass is 16.2. The lowest BCUT2D eigenvalue weighted by atomic mass is 9.89. The van der Waals surface area contributed by atoms with Gasteiger partial charge in [0, 0.05) is 45.3 Å². The Labute approximate surface area is 142 Å². The first-order valence-electron chi connectivity index (χ1n) is 9.96. The zero-order chi connectivity index (χ0) is 16.1. The van der Waals surface area contributed by atoms with Crippen molar-refractivity contribution in [3.63, 3.8) is 0 Å². The lowest BCUT2D eigenvalue weighted by Crippen LogP contribution is -2.52. The van der Waals surface area contributed by atoms with E-state index in [9.17, 15) is 4.79 Å². The third kappa shape index (κ3) is 4.93. The van der Waals surface area contributed by atoms with Gasteiger partial charge in [0.25, 0.3) is 0 Å². The summed E-state index contributed by atoms with van der Waals surface area (Å²) in [5, 5.41) is 0. The van der Waals surface area contributed by atoms with Crippen molar-refractivity contribution in [2.75, 3.05) is 45.8 Å². The average molecular weight is 322 g/mol. The van der Waals surface area contributed by atoms with E-state index >= 15 is 0 Å². The second-order valence-electron chi connectivity index (χ2n) is 8.01. The normalized spacial score (nSPS) is 28.9. The first-order chi connectivity index (χ1) is 11.2. The molecule has 3 aliphatic rings. The van der Waals surface area contributed by atoms with Crippen molar-refractivity contribution in [2.24, 2.45) is 5.92 Å². The summed E-state index contributed by atoms with van der Waals surface area (Å²) >= 11 is 0. The van der Waals surface area contributed by atoms with Gasteiger partial charge in [0.2, 0.25) is 5.91 Å². The Morgan fingerprint density at radius 2 is 1.48 bits per heavy atom. The minimum Gasteiger partial charge on any atom is -0.339 e. The SMILES string of the molecule is CC1CCCCN1C(=O)CN1CCN(CC2CCCCC2)CC1. The maximum atomic E-state index is 12.5. The Bertz CT molecular complexity index is 373. The number of nitrogens with zero attached hydrogens (tertiary/aromatic N) is 3. The molecule has 0 aromatic rings. The molecule has 4 nitrogen and oxygen atoms in total. The number of rotatable bonds is 4. The van der Waals surface area contributed by atoms with E-state index in [4.69, 9.17) is 0 Å². The van der Waals surface area contributed by atoms with Gasteiger partial charge in [0.05, 0.1) is 6.54 Å². The van der Waals surface area contributed by atoms with E-state index in [-0.39, 0.29) is 0 Å². The van der Waals surface area contributed by atoms with Crippen LogP contribution in [-0.2, 0) is 4.79 Å². The number of likely N-dealkylation sites (tertiary alicyclic amines) is 1. The third-order valence-electron chi connectivity index (χ3n) is 6.19. The third-order valence-corrected chi connectivity index (χ3v) is 6.19. The molecule has 23 heavy (non-hydrogen) atoms. The summed E-state index contributed by atoms with van der Waals surface area (Å²) in [6, 6.07) is 0.448. The average Bonchev–Trinajstić information content (AvgIpc) is 2.58. The summed E-state index contributed by atoms with van der Waals surface area (Å²) in [5.41, 5.74) is 0. The molecule has 0 aromatic heterocycles. The molecule has 0 spiro atoms. The first kappa shape index (κ1) is 17.2. The zero-order valence-electron chi connectivity index (χ0n) is 15.0. The summed E-state index contributed by atoms with van der Waals surface area (Å²) in [6.07, 6.45) is 10.8. The Hall–Kier alpha value is -0.610. The molecule has 0 bridgehead atoms. The number of carbonyl (C=O) groups excluding carboxylic acids is 1. The van der Waals surface area contributed by atoms with Crippen molar-refractivity contribution in [3.05, 3.63) is 0 Å². The summed E-state index contributed by atoms with van der Waals surface area (Å²) in [6.45, 7) is 9.56. The molecule has 3 rings (SSSR count). The van der Waals surface area contributed by atoms with Crippen molar-refractivity contribution < 1.29 is 4.79 Å². The van der Waals surface area contributed by atoms with Crippen LogP contribution in [0.2, 0.25) is 0 Å². The zero-order valence-corrected chi connectivity index (χ0v) is 15.0. The van der Waals surface area contributed by atoms with Crippen molar-refractivity contribution in [2.45, 2.75) is 64.3 Å². The molecule has 0 aromatic carbocycles. The van der Waals surface area contributed by atoms with E-state index in [0.29, 0.717) is 18.5 Å². The summed E-state index contributed by atoms with van der Waals surface area (Å²) in [4.78, 5) is 19.7. The lowest BCUT2D eigenvalue weighted by molar-refractivity contribution is -0.136. The van der Waals surface area contributed by atoms with Gasteiger partial charge in [0.15, 0.2) is 0 Å². The molecule has 1 aliphatic carbocycles. The molecule has 0 N–H and O–H groups in total. The van der Waals surface area contributed by atoms with Gasteiger partial charge in [-0.1, -0.05) is 19.3 Å². The highest BCUT2D eigenvalue weighted by Gasteiger charge is 2.27. The van der Waals surface area contributed by atoms with Crippen LogP contribution in [0.15, 0.2) is 0 Å². The smallest absolute Gasteiger partial charge is 0.236 e. The summed E-state index contributed by atoms with van der Waals surface area (Å²) in [5.74, 6) is 1.30. The van der Waals surface area contributed by atoms with Gasteiger partial charge in [-0.3, -0.25) is 9.69 Å². The van der Waals surface area contributed by atoms with Crippen molar-refractivity contribution in [1.29, 1.82) is 0 Å². The fourth-order valence-corrected chi connectivity index (χ4v) is 4.62. The van der Waals surface area contributed by atoms with E-state index < -0.39 is 0 Å². The fourth-order valence-electron chi connectivity index (χ4n) is 4.62. The molecular formula is C19H35N3O. The van der Waals surface area contributed by atoms with Gasteiger partial charge in [-0.2, -0.15) is 0 Å². The predicted octanol–water partition coefficient (Wildman–Crippen LogP) is 2.59. The van der Waals surface area contributed by atoms with Crippen molar-refractivity contribution in [3.8, 4) is 0 Å². The van der Waals surface area contributed by atoms with E-state index in [1.54, 1.807) is 0 Å². The van der Waals surface area contributed by atoms with E-state index in [1.165, 1.54) is 57.9 Å². The van der Waals surface area contributed by atoms with Gasteiger partial charge >= 0.3 is 0 Å². The highest BCUT2D eigenvalue weighted by Crippen LogP contribution is 2.24. The Balaban J connectivity index is 1.37. The number of hydrogen-bond donors (Lipinski definition) is 0. The summed E-state index contributed by atoms with van der Waals surface area (Å²) in [7, 11) is 0. The lowest BCUT2D eigenvalue weighted by Gasteiger charge is -2.39. The number of hydrogen-bond acceptors (Lipinski definition) is 3. The van der Waals surface area contributed by atoms with Crippen molar-refractivity contribution >= 4 is 5.91 Å². The van der Waals surface area contributed by atoms with Gasteiger partial charge in [-0.05, 0) is 44.9 Å². The highest BCUT2D eigenvalue weighted by molar-refractivity contribution is 5.78. The minimum absolute atomic E-state index is 0.359. The molecule has 0 radical (unpaired) electrons. The van der Waals surface area contributed by atoms with Crippen molar-refractivity contribution in [1.82, 2.24) is 14.7 Å². The predicted molar refractivity (Wildman–Crippen MR) is 94.5 cm³/mol. The van der Waals surface area contributed by atoms with Crippen LogP contribution in [0.25, 0.3) is 0 Å². The van der Waals surface area contributed by atoms with E-state index in [0.717, 1.165) is 38.6 Å². The van der Waals surface area contributed by atoms with Gasteiger partial charge in [-0.15, -0.1) is 0 Å². The molecule has 1 atom stereocenters. The van der Waals surface area contributed by atoms with Gasteiger partial charge in [-0.25, -0.2) is 0 Å². The molecule has 2 aliphatic heterocycles. The monoisotopic (exact) mass is 321 g/mol. The van der Waals surface area contributed by atoms with Crippen LogP contribution in [0.4, 0.5) is 0 Å². The fraction of sp³-hybridized carbons (Fsp3) is 0.947. The number of piperidine rings is 1. The molecular weight excluding hydrogens is 286 g/mol. The number of amides is 1. The Morgan fingerprint density at radius 1 is 0.826 bits per heavy atom. The molecule has 2 heterocycles. The second-order valence-corrected chi connectivity index (χ2v) is 8.01. The van der Waals surface area contributed by atoms with Crippen LogP contribution >= 0.6 is 0 Å². The molecule has 4 heteroatoms. The number of piperazine rings is 1. The van der Waals surface area contributed by atoms with E-state index in [2.05, 4.69) is 21.6 Å². The maximum absolute atomic E-state index is 12.5. The Morgan fingerprint density at radius 3 is 2.17 bits per heavy atom. The molecule has 2 saturated heterocycles. The van der Waals surface area contributed by atoms with Crippen LogP contribution in [0.3, 0.4) is 0 Å². The van der Waals surface area contributed by atoms with Gasteiger partial charge in [0.1, 0.15) is 0 Å². The van der Waals surface area contributed by atoms with Crippen LogP contribution in [-0.4, -0.2) is 72.5 Å². The number of carbonyl (C=O) groups is 1. The van der Waals surface area contributed by atoms with Crippen LogP contribution in [0.1, 0.15) is 58.3 Å². The molecule has 1 amide bonds. The van der Waals surface area contributed by atoms with Gasteiger partial charge < -0.3 is 9.80 Å². The molecule has 1 unspecified atom stereocenters. The quantitative estimate of drug-likeness (QED) is 0.796. The molecule has 3 fully saturated rings. The maximum Gasteiger partial charge on any atom is 0.236 e. The van der Waals surface area contributed by atoms with Crippen LogP contribution in [0, 0.1) is 5.92 Å². The molecule has 1 saturated carbocycles. The second kappa shape index (κ2) is 8.48. The minimum atomic E-state index is 0.359. The standard InChI is InChI=1S/C19H35N3O/c1-17-7-5-6-10-22(17)19(23)16-21-13-11-20(12-14-21)15-18-8-3-2-4-9-18/h17-18H,2-16H2,1H3. The Kier molecular flexibility index (Phi) is 6.35. The molecule has 132 valence electrons. The van der Waals surface area contributed by atoms with E-state index in [1.807, 2.05) is 0 Å². The van der Waals surface area contributed by atoms with Crippen LogP contribution < -0.4 is 0 Å². The summed E-state index contributed by atoms with van der Waals surface area (Å²) < 4.78 is 0. The largest absolute Gasteiger partial charge is 0.339 e. The topological polar surface area (TPSA) is 26.8 Å². The van der Waals surface area contributed by atoms with Crippen LogP contribution in [0.5, 0.6) is 0 Å².